The number of anilines is 2. The van der Waals surface area contributed by atoms with Gasteiger partial charge < -0.3 is 10.6 Å². The molecule has 0 saturated heterocycles. The van der Waals surface area contributed by atoms with E-state index in [1.807, 2.05) is 5.32 Å². The molecule has 0 bridgehead atoms. The first-order valence-corrected chi connectivity index (χ1v) is 8.73. The second kappa shape index (κ2) is 7.30. The summed E-state index contributed by atoms with van der Waals surface area (Å²) in [5, 5.41) is 4.38. The van der Waals surface area contributed by atoms with Gasteiger partial charge in [-0.15, -0.1) is 0 Å². The smallest absolute Gasteiger partial charge is 0.351 e. The van der Waals surface area contributed by atoms with E-state index >= 15 is 0 Å². The Morgan fingerprint density at radius 2 is 1.67 bits per heavy atom. The second-order valence-electron chi connectivity index (χ2n) is 7.15. The van der Waals surface area contributed by atoms with Gasteiger partial charge in [0.05, 0.1) is 0 Å². The third kappa shape index (κ3) is 4.61. The van der Waals surface area contributed by atoms with Crippen molar-refractivity contribution in [3.05, 3.63) is 11.7 Å². The lowest BCUT2D eigenvalue weighted by Gasteiger charge is -2.35. The Morgan fingerprint density at radius 3 is 2.23 bits per heavy atom. The number of hydrogen-bond acceptors (Lipinski definition) is 6. The van der Waals surface area contributed by atoms with Crippen molar-refractivity contribution in [2.45, 2.75) is 62.7 Å². The number of alkyl halides is 7. The van der Waals surface area contributed by atoms with Gasteiger partial charge >= 0.3 is 12.1 Å². The lowest BCUT2D eigenvalue weighted by atomic mass is 9.88. The Bertz CT molecular complexity index is 877. The standard InChI is InChI=1S/C16H15F8N5O/c1-6(16(22,23)24)25-12-27-11(8-2-3-15(20,21)10(30)9(8)17)28-13(29-12)26-7-4-14(18,19)5-7/h6-7H,2-5H2,1H3,(H2,25,26,27,28,29). The predicted octanol–water partition coefficient (Wildman–Crippen LogP) is 4.12. The number of aromatic nitrogens is 3. The zero-order chi connectivity index (χ0) is 22.5. The zero-order valence-electron chi connectivity index (χ0n) is 15.3. The number of carbonyl (C=O) groups excluding carboxylic acids is 1. The minimum Gasteiger partial charge on any atom is -0.351 e. The number of nitrogens with one attached hydrogen (secondary N) is 2. The van der Waals surface area contributed by atoms with Crippen LogP contribution < -0.4 is 10.6 Å². The first-order chi connectivity index (χ1) is 13.7. The maximum atomic E-state index is 14.2. The van der Waals surface area contributed by atoms with Crippen molar-refractivity contribution >= 4 is 23.3 Å². The molecule has 1 fully saturated rings. The van der Waals surface area contributed by atoms with Crippen LogP contribution in [0.25, 0.3) is 5.57 Å². The first kappa shape index (κ1) is 22.2. The molecule has 1 heterocycles. The molecule has 0 radical (unpaired) electrons. The molecule has 3 rings (SSSR count). The summed E-state index contributed by atoms with van der Waals surface area (Å²) in [5.41, 5.74) is -0.627. The third-order valence-corrected chi connectivity index (χ3v) is 4.65. The highest BCUT2D eigenvalue weighted by atomic mass is 19.4. The maximum absolute atomic E-state index is 14.2. The summed E-state index contributed by atoms with van der Waals surface area (Å²) in [6, 6.07) is -2.95. The van der Waals surface area contributed by atoms with Crippen molar-refractivity contribution in [1.82, 2.24) is 15.0 Å². The molecule has 0 aliphatic heterocycles. The van der Waals surface area contributed by atoms with Crippen molar-refractivity contribution in [3.63, 3.8) is 0 Å². The summed E-state index contributed by atoms with van der Waals surface area (Å²) in [4.78, 5) is 22.5. The van der Waals surface area contributed by atoms with Crippen molar-refractivity contribution in [2.24, 2.45) is 0 Å². The highest BCUT2D eigenvalue weighted by Gasteiger charge is 2.47. The number of carbonyl (C=O) groups is 1. The fourth-order valence-corrected chi connectivity index (χ4v) is 2.87. The molecule has 1 atom stereocenters. The molecule has 14 heteroatoms. The van der Waals surface area contributed by atoms with Gasteiger partial charge in [-0.25, -0.2) is 13.2 Å². The summed E-state index contributed by atoms with van der Waals surface area (Å²) >= 11 is 0. The van der Waals surface area contributed by atoms with Gasteiger partial charge in [-0.1, -0.05) is 0 Å². The van der Waals surface area contributed by atoms with Gasteiger partial charge in [-0.05, 0) is 13.3 Å². The van der Waals surface area contributed by atoms with Gasteiger partial charge in [0.1, 0.15) is 6.04 Å². The van der Waals surface area contributed by atoms with Gasteiger partial charge in [0.2, 0.25) is 11.9 Å². The van der Waals surface area contributed by atoms with Gasteiger partial charge in [-0.3, -0.25) is 4.79 Å². The van der Waals surface area contributed by atoms with E-state index in [2.05, 4.69) is 20.3 Å². The molecule has 2 aliphatic carbocycles. The van der Waals surface area contributed by atoms with Crippen LogP contribution >= 0.6 is 0 Å². The molecule has 1 aromatic heterocycles. The van der Waals surface area contributed by atoms with E-state index in [-0.39, 0.29) is 0 Å². The number of rotatable bonds is 5. The molecule has 2 aliphatic rings. The number of halogens is 8. The summed E-state index contributed by atoms with van der Waals surface area (Å²) in [6.07, 6.45) is -7.58. The molecule has 0 amide bonds. The Morgan fingerprint density at radius 1 is 1.07 bits per heavy atom. The minimum absolute atomic E-state index is 0.456. The van der Waals surface area contributed by atoms with Crippen LogP contribution in [0.15, 0.2) is 5.83 Å². The molecular weight excluding hydrogens is 430 g/mol. The average molecular weight is 445 g/mol. The molecule has 2 N–H and O–H groups in total. The number of nitrogens with zero attached hydrogens (tertiary/aromatic N) is 3. The Kier molecular flexibility index (Phi) is 5.39. The van der Waals surface area contributed by atoms with E-state index in [0.29, 0.717) is 0 Å². The predicted molar refractivity (Wildman–Crippen MR) is 87.8 cm³/mol. The molecular formula is C16H15F8N5O. The van der Waals surface area contributed by atoms with E-state index in [0.717, 1.165) is 6.92 Å². The van der Waals surface area contributed by atoms with Crippen LogP contribution in [-0.4, -0.2) is 50.8 Å². The number of allylic oxidation sites excluding steroid dienone is 2. The quantitative estimate of drug-likeness (QED) is 0.664. The van der Waals surface area contributed by atoms with E-state index in [1.165, 1.54) is 0 Å². The van der Waals surface area contributed by atoms with Crippen LogP contribution in [0.1, 0.15) is 38.4 Å². The molecule has 30 heavy (non-hydrogen) atoms. The fraction of sp³-hybridized carbons (Fsp3) is 0.625. The lowest BCUT2D eigenvalue weighted by Crippen LogP contribution is -2.44. The van der Waals surface area contributed by atoms with E-state index < -0.39 is 90.7 Å². The summed E-state index contributed by atoms with van der Waals surface area (Å²) < 4.78 is 105. The SMILES string of the molecule is CC(Nc1nc(NC2CC(F)(F)C2)nc(C2=C(F)C(=O)C(F)(F)CC2)n1)C(F)(F)F. The fourth-order valence-electron chi connectivity index (χ4n) is 2.87. The van der Waals surface area contributed by atoms with E-state index in [1.54, 1.807) is 0 Å². The van der Waals surface area contributed by atoms with Gasteiger partial charge in [0.15, 0.2) is 11.7 Å². The van der Waals surface area contributed by atoms with Crippen LogP contribution in [0, 0.1) is 0 Å². The van der Waals surface area contributed by atoms with Crippen molar-refractivity contribution in [2.75, 3.05) is 10.6 Å². The Hall–Kier alpha value is -2.54. The molecule has 1 unspecified atom stereocenters. The topological polar surface area (TPSA) is 79.8 Å². The summed E-state index contributed by atoms with van der Waals surface area (Å²) in [7, 11) is 0. The van der Waals surface area contributed by atoms with Crippen LogP contribution in [0.3, 0.4) is 0 Å². The minimum atomic E-state index is -4.70. The third-order valence-electron chi connectivity index (χ3n) is 4.65. The molecule has 1 saturated carbocycles. The Balaban J connectivity index is 1.95. The van der Waals surface area contributed by atoms with Crippen molar-refractivity contribution < 1.29 is 39.9 Å². The number of Topliss-reactive ketones (excluding diaryl/α,β-unsaturated/α-hetero) is 1. The molecule has 0 aromatic carbocycles. The first-order valence-electron chi connectivity index (χ1n) is 8.73. The average Bonchev–Trinajstić information content (AvgIpc) is 2.57. The second-order valence-corrected chi connectivity index (χ2v) is 7.15. The van der Waals surface area contributed by atoms with Crippen LogP contribution in [0.5, 0.6) is 0 Å². The highest BCUT2D eigenvalue weighted by Crippen LogP contribution is 2.40. The molecule has 1 aromatic rings. The monoisotopic (exact) mass is 445 g/mol. The number of hydrogen-bond donors (Lipinski definition) is 2. The number of ketones is 1. The van der Waals surface area contributed by atoms with Crippen molar-refractivity contribution in [3.8, 4) is 0 Å². The van der Waals surface area contributed by atoms with Gasteiger partial charge in [0.25, 0.3) is 11.7 Å². The van der Waals surface area contributed by atoms with E-state index in [4.69, 9.17) is 0 Å². The van der Waals surface area contributed by atoms with Gasteiger partial charge in [-0.2, -0.15) is 36.9 Å². The molecule has 6 nitrogen and oxygen atoms in total. The zero-order valence-corrected chi connectivity index (χ0v) is 15.3. The largest absolute Gasteiger partial charge is 0.408 e. The maximum Gasteiger partial charge on any atom is 0.408 e. The van der Waals surface area contributed by atoms with Crippen molar-refractivity contribution in [1.29, 1.82) is 0 Å². The normalized spacial score (nSPS) is 22.5. The Labute approximate surface area is 164 Å². The molecule has 166 valence electrons. The van der Waals surface area contributed by atoms with Crippen LogP contribution in [0.2, 0.25) is 0 Å². The lowest BCUT2D eigenvalue weighted by molar-refractivity contribution is -0.142. The van der Waals surface area contributed by atoms with Gasteiger partial charge in [0, 0.05) is 30.9 Å². The van der Waals surface area contributed by atoms with E-state index in [9.17, 15) is 39.9 Å². The molecule has 0 spiro atoms. The summed E-state index contributed by atoms with van der Waals surface area (Å²) in [6.45, 7) is 0.744. The van der Waals surface area contributed by atoms with Crippen LogP contribution in [-0.2, 0) is 4.79 Å². The summed E-state index contributed by atoms with van der Waals surface area (Å²) in [5.74, 6) is -12.5. The highest BCUT2D eigenvalue weighted by molar-refractivity contribution is 6.05. The van der Waals surface area contributed by atoms with Crippen LogP contribution in [0.4, 0.5) is 47.0 Å².